The highest BCUT2D eigenvalue weighted by atomic mass is 19.1. The third-order valence-electron chi connectivity index (χ3n) is 6.00. The molecule has 0 amide bonds. The average Bonchev–Trinajstić information content (AvgIpc) is 3.75. The molecule has 0 unspecified atom stereocenters. The zero-order chi connectivity index (χ0) is 29.4. The van der Waals surface area contributed by atoms with Crippen molar-refractivity contribution in [1.82, 2.24) is 28.7 Å². The van der Waals surface area contributed by atoms with Gasteiger partial charge in [-0.05, 0) is 67.6 Å². The molecule has 0 atom stereocenters. The predicted octanol–water partition coefficient (Wildman–Crippen LogP) is 6.30. The summed E-state index contributed by atoms with van der Waals surface area (Å²) >= 11 is 0. The number of hydrogen-bond donors (Lipinski definition) is 3. The lowest BCUT2D eigenvalue weighted by Crippen LogP contribution is -2.01. The van der Waals surface area contributed by atoms with Crippen LogP contribution in [0, 0.1) is 12.7 Å². The summed E-state index contributed by atoms with van der Waals surface area (Å²) in [5.41, 5.74) is 2.66. The van der Waals surface area contributed by atoms with Gasteiger partial charge in [-0.2, -0.15) is 0 Å². The van der Waals surface area contributed by atoms with Crippen LogP contribution in [0.1, 0.15) is 31.4 Å². The summed E-state index contributed by atoms with van der Waals surface area (Å²) in [5.74, 6) is 1.93. The maximum absolute atomic E-state index is 12.9. The lowest BCUT2D eigenvalue weighted by atomic mass is 10.2. The van der Waals surface area contributed by atoms with Gasteiger partial charge in [0.1, 0.15) is 23.1 Å². The Morgan fingerprint density at radius 2 is 1.24 bits per heavy atom. The SMILES string of the molecule is CC(C)c1nccn1-c1ccc(O)cc1.Cc1nccn1-c1ccc(O)cc1.Oc1ccc(-n2ccnc2)cc1F. The van der Waals surface area contributed by atoms with Crippen LogP contribution in [-0.4, -0.2) is 44.0 Å². The Bertz CT molecular complexity index is 1660. The van der Waals surface area contributed by atoms with Crippen molar-refractivity contribution in [3.8, 4) is 34.3 Å². The average molecular weight is 555 g/mol. The molecule has 3 aromatic heterocycles. The highest BCUT2D eigenvalue weighted by Gasteiger charge is 2.08. The number of aryl methyl sites for hydroxylation is 1. The van der Waals surface area contributed by atoms with Gasteiger partial charge in [0.2, 0.25) is 0 Å². The van der Waals surface area contributed by atoms with Crippen LogP contribution in [-0.2, 0) is 0 Å². The van der Waals surface area contributed by atoms with E-state index in [9.17, 15) is 9.50 Å². The number of aromatic nitrogens is 6. The van der Waals surface area contributed by atoms with Crippen LogP contribution >= 0.6 is 0 Å². The van der Waals surface area contributed by atoms with Crippen LogP contribution < -0.4 is 0 Å². The quantitative estimate of drug-likeness (QED) is 0.236. The summed E-state index contributed by atoms with van der Waals surface area (Å²) in [7, 11) is 0. The van der Waals surface area contributed by atoms with E-state index in [1.54, 1.807) is 66.0 Å². The Labute approximate surface area is 237 Å². The van der Waals surface area contributed by atoms with E-state index in [4.69, 9.17) is 10.2 Å². The minimum atomic E-state index is -0.633. The van der Waals surface area contributed by atoms with E-state index in [1.165, 1.54) is 12.1 Å². The zero-order valence-corrected chi connectivity index (χ0v) is 22.9. The molecule has 10 heteroatoms. The minimum absolute atomic E-state index is 0.279. The molecule has 0 bridgehead atoms. The maximum atomic E-state index is 12.9. The van der Waals surface area contributed by atoms with Gasteiger partial charge in [-0.1, -0.05) is 13.8 Å². The van der Waals surface area contributed by atoms with E-state index >= 15 is 0 Å². The maximum Gasteiger partial charge on any atom is 0.166 e. The number of nitrogens with zero attached hydrogens (tertiary/aromatic N) is 6. The summed E-state index contributed by atoms with van der Waals surface area (Å²) in [6.07, 6.45) is 12.2. The van der Waals surface area contributed by atoms with Crippen molar-refractivity contribution in [2.75, 3.05) is 0 Å². The van der Waals surface area contributed by atoms with E-state index in [1.807, 2.05) is 52.7 Å². The molecule has 41 heavy (non-hydrogen) atoms. The molecule has 0 spiro atoms. The summed E-state index contributed by atoms with van der Waals surface area (Å²) in [6, 6.07) is 18.3. The van der Waals surface area contributed by atoms with Gasteiger partial charge in [0.15, 0.2) is 11.6 Å². The van der Waals surface area contributed by atoms with Crippen LogP contribution in [0.2, 0.25) is 0 Å². The van der Waals surface area contributed by atoms with Crippen molar-refractivity contribution < 1.29 is 19.7 Å². The standard InChI is InChI=1S/C12H14N2O.C10H10N2O.C9H7FN2O/c1-9(2)12-13-7-8-14(12)10-3-5-11(15)6-4-10;1-8-11-6-7-12(8)9-2-4-10(13)5-3-9;10-8-5-7(1-2-9(8)13)12-4-3-11-6-12/h3-9,15H,1-2H3;2-7,13H,1H3;1-6,13H. The van der Waals surface area contributed by atoms with Crippen LogP contribution in [0.15, 0.2) is 110 Å². The van der Waals surface area contributed by atoms with Gasteiger partial charge >= 0.3 is 0 Å². The van der Waals surface area contributed by atoms with Crippen LogP contribution in [0.3, 0.4) is 0 Å². The van der Waals surface area contributed by atoms with Crippen molar-refractivity contribution in [3.05, 3.63) is 128 Å². The molecule has 3 aromatic carbocycles. The highest BCUT2D eigenvalue weighted by Crippen LogP contribution is 2.20. The summed E-state index contributed by atoms with van der Waals surface area (Å²) in [5, 5.41) is 27.2. The van der Waals surface area contributed by atoms with Gasteiger partial charge in [0.05, 0.1) is 6.33 Å². The topological polar surface area (TPSA) is 114 Å². The van der Waals surface area contributed by atoms with Crippen LogP contribution in [0.4, 0.5) is 4.39 Å². The van der Waals surface area contributed by atoms with Crippen LogP contribution in [0.25, 0.3) is 17.1 Å². The number of phenolic OH excluding ortho intramolecular Hbond substituents is 3. The van der Waals surface area contributed by atoms with Crippen molar-refractivity contribution in [3.63, 3.8) is 0 Å². The molecule has 0 saturated carbocycles. The van der Waals surface area contributed by atoms with Crippen LogP contribution in [0.5, 0.6) is 17.2 Å². The number of halogens is 1. The van der Waals surface area contributed by atoms with Crippen molar-refractivity contribution in [2.45, 2.75) is 26.7 Å². The normalized spacial score (nSPS) is 10.5. The van der Waals surface area contributed by atoms with E-state index in [2.05, 4.69) is 28.8 Å². The fraction of sp³-hybridized carbons (Fsp3) is 0.129. The number of phenols is 3. The molecule has 0 fully saturated rings. The Balaban J connectivity index is 0.000000142. The number of hydrogen-bond acceptors (Lipinski definition) is 6. The summed E-state index contributed by atoms with van der Waals surface area (Å²) in [6.45, 7) is 6.16. The smallest absolute Gasteiger partial charge is 0.166 e. The number of aromatic hydroxyl groups is 3. The molecule has 3 heterocycles. The van der Waals surface area contributed by atoms with E-state index < -0.39 is 5.82 Å². The molecule has 6 rings (SSSR count). The monoisotopic (exact) mass is 554 g/mol. The van der Waals surface area contributed by atoms with E-state index in [-0.39, 0.29) is 17.2 Å². The molecule has 3 N–H and O–H groups in total. The fourth-order valence-electron chi connectivity index (χ4n) is 3.91. The van der Waals surface area contributed by atoms with Gasteiger partial charge in [0, 0.05) is 66.2 Å². The molecule has 0 saturated heterocycles. The van der Waals surface area contributed by atoms with Gasteiger partial charge in [-0.25, -0.2) is 19.3 Å². The Morgan fingerprint density at radius 1 is 0.683 bits per heavy atom. The van der Waals surface area contributed by atoms with E-state index in [0.717, 1.165) is 23.0 Å². The van der Waals surface area contributed by atoms with E-state index in [0.29, 0.717) is 11.6 Å². The fourth-order valence-corrected chi connectivity index (χ4v) is 3.91. The van der Waals surface area contributed by atoms with Gasteiger partial charge < -0.3 is 29.0 Å². The largest absolute Gasteiger partial charge is 0.508 e. The Morgan fingerprint density at radius 3 is 1.76 bits per heavy atom. The molecular weight excluding hydrogens is 523 g/mol. The first-order valence-electron chi connectivity index (χ1n) is 12.8. The third kappa shape index (κ3) is 7.39. The Hall–Kier alpha value is -5.38. The number of rotatable bonds is 4. The van der Waals surface area contributed by atoms with Gasteiger partial charge in [0.25, 0.3) is 0 Å². The second-order valence-electron chi connectivity index (χ2n) is 9.29. The molecular formula is C31H31FN6O3. The van der Waals surface area contributed by atoms with Crippen molar-refractivity contribution in [2.24, 2.45) is 0 Å². The molecule has 0 aliphatic heterocycles. The number of imidazole rings is 3. The lowest BCUT2D eigenvalue weighted by molar-refractivity contribution is 0.432. The van der Waals surface area contributed by atoms with Crippen molar-refractivity contribution >= 4 is 0 Å². The predicted molar refractivity (Wildman–Crippen MR) is 154 cm³/mol. The second-order valence-corrected chi connectivity index (χ2v) is 9.29. The molecule has 210 valence electrons. The molecule has 0 radical (unpaired) electrons. The van der Waals surface area contributed by atoms with Gasteiger partial charge in [-0.15, -0.1) is 0 Å². The molecule has 0 aliphatic carbocycles. The molecule has 9 nitrogen and oxygen atoms in total. The first-order chi connectivity index (χ1) is 19.7. The molecule has 6 aromatic rings. The third-order valence-corrected chi connectivity index (χ3v) is 6.00. The first-order valence-corrected chi connectivity index (χ1v) is 12.8. The molecule has 0 aliphatic rings. The number of benzene rings is 3. The first kappa shape index (κ1) is 28.6. The summed E-state index contributed by atoms with van der Waals surface area (Å²) in [4.78, 5) is 12.3. The lowest BCUT2D eigenvalue weighted by Gasteiger charge is -2.10. The summed E-state index contributed by atoms with van der Waals surface area (Å²) < 4.78 is 18.5. The highest BCUT2D eigenvalue weighted by molar-refractivity contribution is 5.39. The second kappa shape index (κ2) is 13.1. The van der Waals surface area contributed by atoms with Gasteiger partial charge in [-0.3, -0.25) is 0 Å². The minimum Gasteiger partial charge on any atom is -0.508 e. The zero-order valence-electron chi connectivity index (χ0n) is 22.9. The van der Waals surface area contributed by atoms with Crippen molar-refractivity contribution in [1.29, 1.82) is 0 Å². The Kier molecular flexibility index (Phi) is 9.16.